The van der Waals surface area contributed by atoms with Gasteiger partial charge >= 0.3 is 5.97 Å². The standard InChI is InChI=1S/C14H16N2O3/c1-8-6-11(14(17)18)4-5-13(8)15-7-12-9(2)16-19-10(12)3/h4-6,15H,7H2,1-3H3,(H,17,18). The molecule has 0 aliphatic carbocycles. The lowest BCUT2D eigenvalue weighted by Crippen LogP contribution is -2.04. The summed E-state index contributed by atoms with van der Waals surface area (Å²) >= 11 is 0. The second-order valence-corrected chi connectivity index (χ2v) is 4.49. The molecule has 0 unspecified atom stereocenters. The third-order valence-corrected chi connectivity index (χ3v) is 3.11. The predicted molar refractivity (Wildman–Crippen MR) is 71.4 cm³/mol. The fourth-order valence-corrected chi connectivity index (χ4v) is 1.93. The SMILES string of the molecule is Cc1cc(C(=O)O)ccc1NCc1c(C)noc1C. The molecule has 0 amide bonds. The Morgan fingerprint density at radius 3 is 2.63 bits per heavy atom. The molecule has 19 heavy (non-hydrogen) atoms. The maximum Gasteiger partial charge on any atom is 0.335 e. The van der Waals surface area contributed by atoms with Gasteiger partial charge in [-0.25, -0.2) is 4.79 Å². The van der Waals surface area contributed by atoms with Crippen LogP contribution in [0, 0.1) is 20.8 Å². The number of hydrogen-bond acceptors (Lipinski definition) is 4. The molecule has 1 aromatic heterocycles. The van der Waals surface area contributed by atoms with Crippen molar-refractivity contribution in [3.05, 3.63) is 46.3 Å². The summed E-state index contributed by atoms with van der Waals surface area (Å²) < 4.78 is 5.10. The van der Waals surface area contributed by atoms with Crippen LogP contribution in [0.25, 0.3) is 0 Å². The first-order valence-electron chi connectivity index (χ1n) is 5.98. The maximum atomic E-state index is 10.9. The highest BCUT2D eigenvalue weighted by atomic mass is 16.5. The number of hydrogen-bond donors (Lipinski definition) is 2. The van der Waals surface area contributed by atoms with Gasteiger partial charge in [0.2, 0.25) is 0 Å². The van der Waals surface area contributed by atoms with Crippen molar-refractivity contribution in [3.8, 4) is 0 Å². The second-order valence-electron chi connectivity index (χ2n) is 4.49. The second kappa shape index (κ2) is 5.14. The summed E-state index contributed by atoms with van der Waals surface area (Å²) in [6.07, 6.45) is 0. The Balaban J connectivity index is 2.14. The lowest BCUT2D eigenvalue weighted by atomic mass is 10.1. The average molecular weight is 260 g/mol. The molecule has 2 aromatic rings. The number of anilines is 1. The summed E-state index contributed by atoms with van der Waals surface area (Å²) in [5.41, 5.74) is 3.99. The van der Waals surface area contributed by atoms with E-state index in [0.29, 0.717) is 12.1 Å². The van der Waals surface area contributed by atoms with Gasteiger partial charge in [-0.3, -0.25) is 0 Å². The summed E-state index contributed by atoms with van der Waals surface area (Å²) in [5.74, 6) is -0.120. The minimum atomic E-state index is -0.916. The number of carbonyl (C=O) groups is 1. The van der Waals surface area contributed by atoms with Gasteiger partial charge in [-0.15, -0.1) is 0 Å². The van der Waals surface area contributed by atoms with Crippen LogP contribution in [0.3, 0.4) is 0 Å². The van der Waals surface area contributed by atoms with Gasteiger partial charge in [-0.1, -0.05) is 5.16 Å². The highest BCUT2D eigenvalue weighted by Gasteiger charge is 2.10. The quantitative estimate of drug-likeness (QED) is 0.884. The Kier molecular flexibility index (Phi) is 3.55. The van der Waals surface area contributed by atoms with E-state index in [9.17, 15) is 4.79 Å². The van der Waals surface area contributed by atoms with Crippen molar-refractivity contribution >= 4 is 11.7 Å². The zero-order chi connectivity index (χ0) is 14.0. The van der Waals surface area contributed by atoms with E-state index in [0.717, 1.165) is 28.3 Å². The van der Waals surface area contributed by atoms with Crippen molar-refractivity contribution in [3.63, 3.8) is 0 Å². The Morgan fingerprint density at radius 2 is 2.11 bits per heavy atom. The molecule has 1 aromatic carbocycles. The summed E-state index contributed by atoms with van der Waals surface area (Å²) in [5, 5.41) is 16.1. The van der Waals surface area contributed by atoms with E-state index in [1.54, 1.807) is 18.2 Å². The minimum absolute atomic E-state index is 0.292. The van der Waals surface area contributed by atoms with E-state index < -0.39 is 5.97 Å². The molecule has 0 bridgehead atoms. The largest absolute Gasteiger partial charge is 0.478 e. The monoisotopic (exact) mass is 260 g/mol. The average Bonchev–Trinajstić information content (AvgIpc) is 2.68. The third-order valence-electron chi connectivity index (χ3n) is 3.11. The number of aromatic carboxylic acids is 1. The number of benzene rings is 1. The molecule has 0 aliphatic rings. The van der Waals surface area contributed by atoms with Crippen molar-refractivity contribution < 1.29 is 14.4 Å². The molecule has 0 fully saturated rings. The Bertz CT molecular complexity index is 598. The number of rotatable bonds is 4. The van der Waals surface area contributed by atoms with Gasteiger partial charge in [0.05, 0.1) is 11.3 Å². The summed E-state index contributed by atoms with van der Waals surface area (Å²) in [6, 6.07) is 5.01. The number of aromatic nitrogens is 1. The number of nitrogens with one attached hydrogen (secondary N) is 1. The van der Waals surface area contributed by atoms with Crippen molar-refractivity contribution in [2.75, 3.05) is 5.32 Å². The van der Waals surface area contributed by atoms with Crippen LogP contribution in [0.4, 0.5) is 5.69 Å². The summed E-state index contributed by atoms with van der Waals surface area (Å²) in [4.78, 5) is 10.9. The highest BCUT2D eigenvalue weighted by Crippen LogP contribution is 2.19. The van der Waals surface area contributed by atoms with Crippen LogP contribution in [0.2, 0.25) is 0 Å². The molecule has 0 atom stereocenters. The minimum Gasteiger partial charge on any atom is -0.478 e. The predicted octanol–water partition coefficient (Wildman–Crippen LogP) is 2.91. The number of nitrogens with zero attached hydrogens (tertiary/aromatic N) is 1. The van der Waals surface area contributed by atoms with Crippen LogP contribution in [0.5, 0.6) is 0 Å². The van der Waals surface area contributed by atoms with Gasteiger partial charge in [0.15, 0.2) is 0 Å². The van der Waals surface area contributed by atoms with E-state index in [4.69, 9.17) is 9.63 Å². The van der Waals surface area contributed by atoms with Crippen LogP contribution >= 0.6 is 0 Å². The topological polar surface area (TPSA) is 75.4 Å². The fourth-order valence-electron chi connectivity index (χ4n) is 1.93. The van der Waals surface area contributed by atoms with Crippen molar-refractivity contribution in [2.24, 2.45) is 0 Å². The van der Waals surface area contributed by atoms with Crippen LogP contribution < -0.4 is 5.32 Å². The van der Waals surface area contributed by atoms with Crippen LogP contribution in [0.15, 0.2) is 22.7 Å². The first-order chi connectivity index (χ1) is 8.99. The van der Waals surface area contributed by atoms with Crippen molar-refractivity contribution in [1.82, 2.24) is 5.16 Å². The molecule has 2 rings (SSSR count). The Labute approximate surface area is 111 Å². The van der Waals surface area contributed by atoms with Gasteiger partial charge in [0, 0.05) is 17.8 Å². The fraction of sp³-hybridized carbons (Fsp3) is 0.286. The molecule has 0 spiro atoms. The molecule has 2 N–H and O–H groups in total. The van der Waals surface area contributed by atoms with E-state index in [-0.39, 0.29) is 0 Å². The number of carboxylic acids is 1. The van der Waals surface area contributed by atoms with Crippen molar-refractivity contribution in [1.29, 1.82) is 0 Å². The third kappa shape index (κ3) is 2.76. The van der Waals surface area contributed by atoms with Gasteiger partial charge < -0.3 is 14.9 Å². The van der Waals surface area contributed by atoms with E-state index in [1.165, 1.54) is 0 Å². The zero-order valence-electron chi connectivity index (χ0n) is 11.2. The molecule has 100 valence electrons. The van der Waals surface area contributed by atoms with Crippen LogP contribution in [-0.2, 0) is 6.54 Å². The molecule has 0 saturated heterocycles. The van der Waals surface area contributed by atoms with Crippen LogP contribution in [-0.4, -0.2) is 16.2 Å². The van der Waals surface area contributed by atoms with Gasteiger partial charge in [0.1, 0.15) is 5.76 Å². The molecular weight excluding hydrogens is 244 g/mol. The molecule has 0 saturated carbocycles. The normalized spacial score (nSPS) is 10.5. The van der Waals surface area contributed by atoms with E-state index >= 15 is 0 Å². The van der Waals surface area contributed by atoms with Gasteiger partial charge in [0.25, 0.3) is 0 Å². The Hall–Kier alpha value is -2.30. The first-order valence-corrected chi connectivity index (χ1v) is 5.98. The molecule has 5 nitrogen and oxygen atoms in total. The number of aryl methyl sites for hydroxylation is 3. The summed E-state index contributed by atoms with van der Waals surface area (Å²) in [7, 11) is 0. The van der Waals surface area contributed by atoms with Crippen molar-refractivity contribution in [2.45, 2.75) is 27.3 Å². The smallest absolute Gasteiger partial charge is 0.335 e. The highest BCUT2D eigenvalue weighted by molar-refractivity contribution is 5.88. The Morgan fingerprint density at radius 1 is 1.37 bits per heavy atom. The molecule has 0 aliphatic heterocycles. The van der Waals surface area contributed by atoms with Crippen LogP contribution in [0.1, 0.15) is 32.9 Å². The molecule has 5 heteroatoms. The lowest BCUT2D eigenvalue weighted by Gasteiger charge is -2.10. The zero-order valence-corrected chi connectivity index (χ0v) is 11.2. The molecule has 0 radical (unpaired) electrons. The molecule has 1 heterocycles. The first kappa shape index (κ1) is 13.1. The van der Waals surface area contributed by atoms with E-state index in [2.05, 4.69) is 10.5 Å². The van der Waals surface area contributed by atoms with E-state index in [1.807, 2.05) is 20.8 Å². The molecular formula is C14H16N2O3. The summed E-state index contributed by atoms with van der Waals surface area (Å²) in [6.45, 7) is 6.25. The number of carboxylic acid groups (broad SMARTS) is 1. The lowest BCUT2D eigenvalue weighted by molar-refractivity contribution is 0.0697. The van der Waals surface area contributed by atoms with Gasteiger partial charge in [-0.05, 0) is 44.5 Å². The maximum absolute atomic E-state index is 10.9. The van der Waals surface area contributed by atoms with Gasteiger partial charge in [-0.2, -0.15) is 0 Å².